The summed E-state index contributed by atoms with van der Waals surface area (Å²) in [6.45, 7) is 3.08. The van der Waals surface area contributed by atoms with Crippen molar-refractivity contribution in [3.05, 3.63) is 47.8 Å². The molecule has 2 heterocycles. The van der Waals surface area contributed by atoms with Crippen molar-refractivity contribution in [2.75, 3.05) is 39.0 Å². The Morgan fingerprint density at radius 1 is 1.26 bits per heavy atom. The van der Waals surface area contributed by atoms with Gasteiger partial charge in [0.1, 0.15) is 0 Å². The summed E-state index contributed by atoms with van der Waals surface area (Å²) in [4.78, 5) is 14.5. The monoisotopic (exact) mass is 513 g/mol. The lowest BCUT2D eigenvalue weighted by molar-refractivity contribution is -0.156. The van der Waals surface area contributed by atoms with Gasteiger partial charge >= 0.3 is 7.60 Å². The number of H-pyrrole nitrogens is 1. The highest BCUT2D eigenvalue weighted by Gasteiger charge is 2.18. The summed E-state index contributed by atoms with van der Waals surface area (Å²) in [6.07, 6.45) is 10.7. The van der Waals surface area contributed by atoms with Crippen molar-refractivity contribution in [2.45, 2.75) is 19.1 Å². The fourth-order valence-electron chi connectivity index (χ4n) is 1.83. The topological polar surface area (TPSA) is 86.8 Å². The second-order valence-electron chi connectivity index (χ2n) is 5.18. The van der Waals surface area contributed by atoms with Crippen molar-refractivity contribution in [3.63, 3.8) is 0 Å². The first-order chi connectivity index (χ1) is 13.0. The molecule has 1 saturated heterocycles. The van der Waals surface area contributed by atoms with Gasteiger partial charge in [-0.2, -0.15) is 0 Å². The Kier molecular flexibility index (Phi) is 15.7. The molecule has 0 aromatic carbocycles. The van der Waals surface area contributed by atoms with Crippen LogP contribution >= 0.6 is 30.2 Å². The number of carbonyl (C=O) groups is 1. The van der Waals surface area contributed by atoms with Gasteiger partial charge in [0.05, 0.1) is 18.9 Å². The highest BCUT2D eigenvalue weighted by atomic mass is 127. The van der Waals surface area contributed by atoms with Crippen molar-refractivity contribution < 1.29 is 27.9 Å². The molecule has 7 nitrogen and oxygen atoms in total. The summed E-state index contributed by atoms with van der Waals surface area (Å²) in [5, 5.41) is 0. The number of carbonyl (C=O) groups excluding carboxylic acids is 1. The van der Waals surface area contributed by atoms with Crippen LogP contribution in [-0.4, -0.2) is 56.6 Å². The summed E-state index contributed by atoms with van der Waals surface area (Å²) in [7, 11) is 0.0486. The van der Waals surface area contributed by atoms with E-state index < -0.39 is 7.60 Å². The van der Waals surface area contributed by atoms with Crippen molar-refractivity contribution >= 4 is 36.5 Å². The summed E-state index contributed by atoms with van der Waals surface area (Å²) in [5.41, 5.74) is 1.88. The lowest BCUT2D eigenvalue weighted by Gasteiger charge is -2.24. The molecule has 0 radical (unpaired) electrons. The normalized spacial score (nSPS) is 16.0. The molecule has 0 amide bonds. The van der Waals surface area contributed by atoms with Gasteiger partial charge in [0, 0.05) is 27.1 Å². The third kappa shape index (κ3) is 12.3. The molecule has 3 rings (SSSR count). The van der Waals surface area contributed by atoms with Crippen LogP contribution in [0, 0.1) is 0 Å². The molecule has 154 valence electrons. The van der Waals surface area contributed by atoms with Gasteiger partial charge in [-0.05, 0) is 35.5 Å². The molecule has 0 unspecified atom stereocenters. The summed E-state index contributed by atoms with van der Waals surface area (Å²) < 4.78 is 30.2. The molecule has 0 atom stereocenters. The van der Waals surface area contributed by atoms with Crippen LogP contribution in [0.5, 0.6) is 0 Å². The Bertz CT molecular complexity index is 589. The predicted octanol–water partition coefficient (Wildman–Crippen LogP) is 4.62. The molecule has 0 saturated carbocycles. The van der Waals surface area contributed by atoms with E-state index in [0.29, 0.717) is 5.69 Å². The van der Waals surface area contributed by atoms with Crippen LogP contribution in [-0.2, 0) is 23.1 Å². The number of allylic oxidation sites excluding steroid dienone is 3. The highest BCUT2D eigenvalue weighted by Crippen LogP contribution is 2.40. The molecule has 0 bridgehead atoms. The average Bonchev–Trinajstić information content (AvgIpc) is 3.45. The van der Waals surface area contributed by atoms with Gasteiger partial charge in [0.25, 0.3) is 0 Å². The number of ether oxygens (including phenoxy) is 2. The van der Waals surface area contributed by atoms with Crippen LogP contribution < -0.4 is 0 Å². The number of aldehydes is 1. The second-order valence-corrected chi connectivity index (χ2v) is 7.45. The minimum absolute atomic E-state index is 0.0567. The Hall–Kier alpha value is -0.770. The first-order valence-corrected chi connectivity index (χ1v) is 12.4. The van der Waals surface area contributed by atoms with Crippen LogP contribution in [0.4, 0.5) is 0 Å². The average molecular weight is 513 g/mol. The maximum atomic E-state index is 10.5. The highest BCUT2D eigenvalue weighted by molar-refractivity contribution is 14.1. The molecule has 1 aliphatic carbocycles. The lowest BCUT2D eigenvalue weighted by Crippen LogP contribution is -2.26. The summed E-state index contributed by atoms with van der Waals surface area (Å²) >= 11 is 2.15. The van der Waals surface area contributed by atoms with Crippen LogP contribution in [0.1, 0.15) is 23.3 Å². The Labute approximate surface area is 175 Å². The van der Waals surface area contributed by atoms with E-state index >= 15 is 0 Å². The van der Waals surface area contributed by atoms with Crippen molar-refractivity contribution in [2.24, 2.45) is 0 Å². The molecule has 0 spiro atoms. The second kappa shape index (κ2) is 16.2. The quantitative estimate of drug-likeness (QED) is 0.274. The standard InChI is InChI=1S/C9H12O2.C5H5NO.C3H9O3P.CH3I/c1-2-5-8(4-1)9-10-6-3-7-11-9;7-4-5-2-1-3-6-5;1-5-7(3,4)6-2;1-2/h1-2,4,9H,3,5-7H2;1-4,6H;1-3H3;1H3. The van der Waals surface area contributed by atoms with Crippen LogP contribution in [0.2, 0.25) is 0 Å². The first-order valence-electron chi connectivity index (χ1n) is 8.26. The molecule has 1 aromatic rings. The molecule has 9 heteroatoms. The number of nitrogens with one attached hydrogen (secondary N) is 1. The Balaban J connectivity index is 0.000000374. The molecular formula is C18H29INO6P. The minimum Gasteiger partial charge on any atom is -0.359 e. The molecule has 2 aliphatic rings. The van der Waals surface area contributed by atoms with E-state index in [-0.39, 0.29) is 6.29 Å². The van der Waals surface area contributed by atoms with E-state index in [1.54, 1.807) is 18.3 Å². The molecular weight excluding hydrogens is 484 g/mol. The fourth-order valence-corrected chi connectivity index (χ4v) is 1.98. The van der Waals surface area contributed by atoms with E-state index in [2.05, 4.69) is 54.9 Å². The molecule has 1 fully saturated rings. The number of hydrogen-bond acceptors (Lipinski definition) is 6. The Morgan fingerprint density at radius 3 is 2.22 bits per heavy atom. The molecule has 1 N–H and O–H groups in total. The minimum atomic E-state index is -2.65. The molecule has 1 aliphatic heterocycles. The Morgan fingerprint density at radius 2 is 1.89 bits per heavy atom. The van der Waals surface area contributed by atoms with E-state index in [1.165, 1.54) is 26.5 Å². The molecule has 27 heavy (non-hydrogen) atoms. The maximum absolute atomic E-state index is 10.5. The predicted molar refractivity (Wildman–Crippen MR) is 116 cm³/mol. The molecule has 1 aromatic heterocycles. The number of alkyl halides is 1. The van der Waals surface area contributed by atoms with E-state index in [4.69, 9.17) is 9.47 Å². The van der Waals surface area contributed by atoms with E-state index in [9.17, 15) is 9.36 Å². The zero-order valence-corrected chi connectivity index (χ0v) is 19.3. The first kappa shape index (κ1) is 26.2. The number of aromatic nitrogens is 1. The number of rotatable bonds is 4. The van der Waals surface area contributed by atoms with Gasteiger partial charge < -0.3 is 23.5 Å². The number of aromatic amines is 1. The largest absolute Gasteiger partial charge is 0.359 e. The van der Waals surface area contributed by atoms with Gasteiger partial charge in [0.2, 0.25) is 0 Å². The summed E-state index contributed by atoms with van der Waals surface area (Å²) in [5.74, 6) is 0. The maximum Gasteiger partial charge on any atom is 0.327 e. The zero-order chi connectivity index (χ0) is 20.5. The van der Waals surface area contributed by atoms with Crippen molar-refractivity contribution in [1.82, 2.24) is 4.98 Å². The van der Waals surface area contributed by atoms with Crippen molar-refractivity contribution in [1.29, 1.82) is 0 Å². The van der Waals surface area contributed by atoms with Crippen LogP contribution in [0.3, 0.4) is 0 Å². The van der Waals surface area contributed by atoms with Gasteiger partial charge in [-0.25, -0.2) is 0 Å². The van der Waals surface area contributed by atoms with Crippen molar-refractivity contribution in [3.8, 4) is 0 Å². The lowest BCUT2D eigenvalue weighted by atomic mass is 10.2. The number of halogens is 1. The SMILES string of the molecule is C1=CCC(C2OCCCO2)=C1.CI.COP(C)(=O)OC.O=Cc1ccc[nH]1. The smallest absolute Gasteiger partial charge is 0.327 e. The van der Waals surface area contributed by atoms with Gasteiger partial charge in [0.15, 0.2) is 12.6 Å². The summed E-state index contributed by atoms with van der Waals surface area (Å²) in [6, 6.07) is 3.50. The van der Waals surface area contributed by atoms with Gasteiger partial charge in [-0.1, -0.05) is 40.8 Å². The van der Waals surface area contributed by atoms with E-state index in [0.717, 1.165) is 32.3 Å². The number of hydrogen-bond donors (Lipinski definition) is 1. The third-order valence-electron chi connectivity index (χ3n) is 3.34. The van der Waals surface area contributed by atoms with Crippen LogP contribution in [0.25, 0.3) is 0 Å². The fraction of sp³-hybridized carbons (Fsp3) is 0.500. The van der Waals surface area contributed by atoms with E-state index in [1.807, 2.05) is 4.93 Å². The zero-order valence-electron chi connectivity index (χ0n) is 16.2. The van der Waals surface area contributed by atoms with Gasteiger partial charge in [-0.3, -0.25) is 9.36 Å². The third-order valence-corrected chi connectivity index (χ3v) is 4.67. The van der Waals surface area contributed by atoms with Crippen LogP contribution in [0.15, 0.2) is 42.1 Å². The van der Waals surface area contributed by atoms with Gasteiger partial charge in [-0.15, -0.1) is 0 Å².